The minimum Gasteiger partial charge on any atom is -0.464 e. The minimum absolute atomic E-state index is 0.243. The van der Waals surface area contributed by atoms with Crippen LogP contribution in [0.5, 0.6) is 0 Å². The van der Waals surface area contributed by atoms with Gasteiger partial charge in [0, 0.05) is 36.7 Å². The molecule has 1 saturated heterocycles. The van der Waals surface area contributed by atoms with Crippen molar-refractivity contribution in [1.29, 1.82) is 0 Å². The Morgan fingerprint density at radius 1 is 1.06 bits per heavy atom. The Labute approximate surface area is 178 Å². The second-order valence-corrected chi connectivity index (χ2v) is 8.59. The third kappa shape index (κ3) is 3.26. The standard InChI is InChI=1S/C24H22N4O3/c29-23(17-1-2-17)27-13-15(14-27)11-22-25-26-24(30)28(22)20-6-3-16(4-7-20)18-5-8-21-19(12-18)9-10-31-21/h3-10,12,15,17H,1-2,11,13-14H2,(H,26,30). The van der Waals surface area contributed by atoms with Crippen LogP contribution in [0.25, 0.3) is 27.8 Å². The quantitative estimate of drug-likeness (QED) is 0.543. The zero-order valence-corrected chi connectivity index (χ0v) is 17.0. The lowest BCUT2D eigenvalue weighted by Crippen LogP contribution is -2.51. The number of H-pyrrole nitrogens is 1. The summed E-state index contributed by atoms with van der Waals surface area (Å²) in [6.45, 7) is 1.51. The number of nitrogens with one attached hydrogen (secondary N) is 1. The Bertz CT molecular complexity index is 1320. The van der Waals surface area contributed by atoms with E-state index < -0.39 is 0 Å². The Morgan fingerprint density at radius 3 is 2.61 bits per heavy atom. The van der Waals surface area contributed by atoms with E-state index in [2.05, 4.69) is 16.3 Å². The summed E-state index contributed by atoms with van der Waals surface area (Å²) in [5.41, 5.74) is 3.57. The molecule has 3 heterocycles. The summed E-state index contributed by atoms with van der Waals surface area (Å²) in [4.78, 5) is 26.5. The monoisotopic (exact) mass is 414 g/mol. The van der Waals surface area contributed by atoms with Gasteiger partial charge in [0.25, 0.3) is 0 Å². The molecule has 1 amide bonds. The number of carbonyl (C=O) groups is 1. The molecule has 1 aliphatic carbocycles. The van der Waals surface area contributed by atoms with E-state index in [1.807, 2.05) is 47.4 Å². The molecule has 0 bridgehead atoms. The topological polar surface area (TPSA) is 84.1 Å². The zero-order chi connectivity index (χ0) is 20.9. The average Bonchev–Trinajstić information content (AvgIpc) is 3.40. The lowest BCUT2D eigenvalue weighted by atomic mass is 9.95. The van der Waals surface area contributed by atoms with Crippen molar-refractivity contribution in [3.63, 3.8) is 0 Å². The smallest absolute Gasteiger partial charge is 0.347 e. The number of likely N-dealkylation sites (tertiary alicyclic amines) is 1. The van der Waals surface area contributed by atoms with Crippen molar-refractivity contribution in [2.24, 2.45) is 11.8 Å². The highest BCUT2D eigenvalue weighted by Crippen LogP contribution is 2.34. The van der Waals surface area contributed by atoms with E-state index in [1.54, 1.807) is 10.8 Å². The van der Waals surface area contributed by atoms with Gasteiger partial charge < -0.3 is 9.32 Å². The summed E-state index contributed by atoms with van der Waals surface area (Å²) in [6.07, 6.45) is 4.43. The van der Waals surface area contributed by atoms with Gasteiger partial charge in [-0.1, -0.05) is 18.2 Å². The fourth-order valence-electron chi connectivity index (χ4n) is 4.41. The van der Waals surface area contributed by atoms with Crippen molar-refractivity contribution in [3.05, 3.63) is 71.1 Å². The number of furan rings is 1. The number of aromatic amines is 1. The van der Waals surface area contributed by atoms with Gasteiger partial charge in [0.15, 0.2) is 0 Å². The Morgan fingerprint density at radius 2 is 1.84 bits per heavy atom. The third-order valence-electron chi connectivity index (χ3n) is 6.32. The predicted octanol–water partition coefficient (Wildman–Crippen LogP) is 3.38. The number of hydrogen-bond donors (Lipinski definition) is 1. The van der Waals surface area contributed by atoms with Gasteiger partial charge >= 0.3 is 5.69 Å². The molecular weight excluding hydrogens is 392 g/mol. The van der Waals surface area contributed by atoms with E-state index in [4.69, 9.17) is 4.42 Å². The number of nitrogens with zero attached hydrogens (tertiary/aromatic N) is 3. The summed E-state index contributed by atoms with van der Waals surface area (Å²) in [5.74, 6) is 1.61. The fraction of sp³-hybridized carbons (Fsp3) is 0.292. The van der Waals surface area contributed by atoms with E-state index in [9.17, 15) is 9.59 Å². The average molecular weight is 414 g/mol. The molecule has 7 heteroatoms. The van der Waals surface area contributed by atoms with Gasteiger partial charge in [0.1, 0.15) is 11.4 Å². The van der Waals surface area contributed by atoms with Crippen LogP contribution in [-0.4, -0.2) is 38.7 Å². The molecule has 6 rings (SSSR count). The normalized spacial score (nSPS) is 16.6. The summed E-state index contributed by atoms with van der Waals surface area (Å²) in [6, 6.07) is 15.9. The lowest BCUT2D eigenvalue weighted by molar-refractivity contribution is -0.138. The molecular formula is C24H22N4O3. The Kier molecular flexibility index (Phi) is 4.09. The molecule has 156 valence electrons. The molecule has 2 fully saturated rings. The molecule has 0 spiro atoms. The first kappa shape index (κ1) is 18.2. The van der Waals surface area contributed by atoms with Crippen molar-refractivity contribution in [2.75, 3.05) is 13.1 Å². The molecule has 2 aromatic heterocycles. The van der Waals surface area contributed by atoms with Crippen LogP contribution in [0.2, 0.25) is 0 Å². The highest BCUT2D eigenvalue weighted by atomic mass is 16.3. The van der Waals surface area contributed by atoms with Gasteiger partial charge in [-0.25, -0.2) is 14.5 Å². The van der Waals surface area contributed by atoms with E-state index in [0.717, 1.165) is 53.7 Å². The Balaban J connectivity index is 1.21. The first-order chi connectivity index (χ1) is 15.2. The van der Waals surface area contributed by atoms with Crippen LogP contribution in [0, 0.1) is 11.8 Å². The van der Waals surface area contributed by atoms with Crippen LogP contribution in [0.3, 0.4) is 0 Å². The molecule has 0 atom stereocenters. The third-order valence-corrected chi connectivity index (χ3v) is 6.32. The van der Waals surface area contributed by atoms with Gasteiger partial charge in [-0.2, -0.15) is 5.10 Å². The second-order valence-electron chi connectivity index (χ2n) is 8.59. The number of aromatic nitrogens is 3. The van der Waals surface area contributed by atoms with Crippen LogP contribution in [0.15, 0.2) is 64.0 Å². The van der Waals surface area contributed by atoms with E-state index >= 15 is 0 Å². The number of rotatable bonds is 5. The van der Waals surface area contributed by atoms with E-state index in [-0.39, 0.29) is 11.6 Å². The number of benzene rings is 2. The van der Waals surface area contributed by atoms with Gasteiger partial charge in [-0.3, -0.25) is 4.79 Å². The number of fused-ring (bicyclic) bond motifs is 1. The maximum atomic E-state index is 12.4. The lowest BCUT2D eigenvalue weighted by Gasteiger charge is -2.39. The van der Waals surface area contributed by atoms with Crippen molar-refractivity contribution in [1.82, 2.24) is 19.7 Å². The van der Waals surface area contributed by atoms with E-state index in [0.29, 0.717) is 24.1 Å². The van der Waals surface area contributed by atoms with Gasteiger partial charge in [-0.05, 0) is 54.3 Å². The first-order valence-electron chi connectivity index (χ1n) is 10.7. The van der Waals surface area contributed by atoms with Crippen LogP contribution in [0.4, 0.5) is 0 Å². The highest BCUT2D eigenvalue weighted by molar-refractivity contribution is 5.83. The van der Waals surface area contributed by atoms with Gasteiger partial charge in [0.05, 0.1) is 12.0 Å². The van der Waals surface area contributed by atoms with Crippen molar-refractivity contribution in [2.45, 2.75) is 19.3 Å². The molecule has 1 saturated carbocycles. The summed E-state index contributed by atoms with van der Waals surface area (Å²) < 4.78 is 7.05. The molecule has 2 aromatic carbocycles. The van der Waals surface area contributed by atoms with Crippen LogP contribution < -0.4 is 5.69 Å². The summed E-state index contributed by atoms with van der Waals surface area (Å²) in [7, 11) is 0. The first-order valence-corrected chi connectivity index (χ1v) is 10.7. The van der Waals surface area contributed by atoms with Crippen LogP contribution in [0.1, 0.15) is 18.7 Å². The fourth-order valence-corrected chi connectivity index (χ4v) is 4.41. The summed E-state index contributed by atoms with van der Waals surface area (Å²) in [5, 5.41) is 7.89. The molecule has 4 aromatic rings. The maximum Gasteiger partial charge on any atom is 0.347 e. The molecule has 0 radical (unpaired) electrons. The summed E-state index contributed by atoms with van der Waals surface area (Å²) >= 11 is 0. The van der Waals surface area contributed by atoms with E-state index in [1.165, 1.54) is 0 Å². The zero-order valence-electron chi connectivity index (χ0n) is 17.0. The largest absolute Gasteiger partial charge is 0.464 e. The van der Waals surface area contributed by atoms with Crippen LogP contribution in [-0.2, 0) is 11.2 Å². The molecule has 31 heavy (non-hydrogen) atoms. The predicted molar refractivity (Wildman–Crippen MR) is 116 cm³/mol. The SMILES string of the molecule is O=C(C1CC1)N1CC(Cc2n[nH]c(=O)n2-c2ccc(-c3ccc4occc4c3)cc2)C1. The minimum atomic E-state index is -0.243. The van der Waals surface area contributed by atoms with Crippen LogP contribution >= 0.6 is 0 Å². The molecule has 7 nitrogen and oxygen atoms in total. The Hall–Kier alpha value is -3.61. The van der Waals surface area contributed by atoms with Crippen molar-refractivity contribution < 1.29 is 9.21 Å². The second kappa shape index (κ2) is 6.97. The van der Waals surface area contributed by atoms with Gasteiger partial charge in [-0.15, -0.1) is 0 Å². The molecule has 1 N–H and O–H groups in total. The maximum absolute atomic E-state index is 12.4. The molecule has 1 aliphatic heterocycles. The van der Waals surface area contributed by atoms with Crippen molar-refractivity contribution >= 4 is 16.9 Å². The molecule has 2 aliphatic rings. The highest BCUT2D eigenvalue weighted by Gasteiger charge is 2.39. The van der Waals surface area contributed by atoms with Gasteiger partial charge in [0.2, 0.25) is 5.91 Å². The molecule has 0 unspecified atom stereocenters. The number of carbonyl (C=O) groups excluding carboxylic acids is 1. The van der Waals surface area contributed by atoms with Crippen molar-refractivity contribution in [3.8, 4) is 16.8 Å². The number of amides is 1. The number of hydrogen-bond acceptors (Lipinski definition) is 4.